The third kappa shape index (κ3) is 4.53. The summed E-state index contributed by atoms with van der Waals surface area (Å²) >= 11 is 0. The molecule has 244 valence electrons. The first-order chi connectivity index (χ1) is 25.7. The average Bonchev–Trinajstić information content (AvgIpc) is 3.91. The van der Waals surface area contributed by atoms with Crippen molar-refractivity contribution in [3.05, 3.63) is 170 Å². The van der Waals surface area contributed by atoms with Crippen molar-refractivity contribution in [1.82, 2.24) is 4.98 Å². The van der Waals surface area contributed by atoms with Crippen LogP contribution in [0.25, 0.3) is 88.3 Å². The van der Waals surface area contributed by atoms with Gasteiger partial charge in [0.15, 0.2) is 5.58 Å². The lowest BCUT2D eigenvalue weighted by Gasteiger charge is -2.26. The summed E-state index contributed by atoms with van der Waals surface area (Å²) in [6, 6.07) is 58.8. The molecule has 0 saturated heterocycles. The van der Waals surface area contributed by atoms with Crippen molar-refractivity contribution < 1.29 is 13.3 Å². The van der Waals surface area contributed by atoms with E-state index in [2.05, 4.69) is 126 Å². The van der Waals surface area contributed by atoms with Crippen LogP contribution in [0.5, 0.6) is 0 Å². The number of aromatic nitrogens is 1. The standard InChI is InChI=1S/C47H28N2O3/c1-2-9-29(10-3-1)31-18-17-30-19-20-33(26-32(30)25-31)49(34-21-23-42-38(27-34)36-11-4-6-14-41(36)50-42)35-22-24-43-39(28-35)46-37(12-8-16-45(46)51-43)47-48-40-13-5-7-15-44(40)52-47/h1-28H. The zero-order valence-corrected chi connectivity index (χ0v) is 27.8. The number of hydrogen-bond acceptors (Lipinski definition) is 5. The van der Waals surface area contributed by atoms with Gasteiger partial charge < -0.3 is 18.2 Å². The summed E-state index contributed by atoms with van der Waals surface area (Å²) in [6.07, 6.45) is 0. The van der Waals surface area contributed by atoms with Crippen molar-refractivity contribution in [2.45, 2.75) is 0 Å². The fourth-order valence-corrected chi connectivity index (χ4v) is 7.60. The van der Waals surface area contributed by atoms with Crippen molar-refractivity contribution in [1.29, 1.82) is 0 Å². The number of para-hydroxylation sites is 3. The highest BCUT2D eigenvalue weighted by atomic mass is 16.4. The Kier molecular flexibility index (Phi) is 6.18. The summed E-state index contributed by atoms with van der Waals surface area (Å²) in [5.74, 6) is 0.567. The van der Waals surface area contributed by atoms with Crippen molar-refractivity contribution in [3.63, 3.8) is 0 Å². The van der Waals surface area contributed by atoms with Crippen LogP contribution in [-0.4, -0.2) is 4.98 Å². The van der Waals surface area contributed by atoms with E-state index in [0.29, 0.717) is 5.89 Å². The van der Waals surface area contributed by atoms with Gasteiger partial charge in [0, 0.05) is 44.2 Å². The number of rotatable bonds is 5. The van der Waals surface area contributed by atoms with Crippen molar-refractivity contribution in [2.75, 3.05) is 4.90 Å². The maximum atomic E-state index is 6.44. The van der Waals surface area contributed by atoms with E-state index in [9.17, 15) is 0 Å². The highest BCUT2D eigenvalue weighted by Crippen LogP contribution is 2.44. The number of oxazole rings is 1. The van der Waals surface area contributed by atoms with Gasteiger partial charge >= 0.3 is 0 Å². The third-order valence-electron chi connectivity index (χ3n) is 10.1. The molecule has 0 spiro atoms. The quantitative estimate of drug-likeness (QED) is 0.183. The smallest absolute Gasteiger partial charge is 0.228 e. The van der Waals surface area contributed by atoms with E-state index >= 15 is 0 Å². The molecule has 3 heterocycles. The van der Waals surface area contributed by atoms with Gasteiger partial charge in [-0.3, -0.25) is 0 Å². The fourth-order valence-electron chi connectivity index (χ4n) is 7.60. The van der Waals surface area contributed by atoms with E-state index in [1.54, 1.807) is 0 Å². The molecule has 0 N–H and O–H groups in total. The van der Waals surface area contributed by atoms with Crippen LogP contribution in [-0.2, 0) is 0 Å². The Morgan fingerprint density at radius 3 is 1.90 bits per heavy atom. The number of fused-ring (bicyclic) bond motifs is 8. The van der Waals surface area contributed by atoms with Crippen LogP contribution in [0.4, 0.5) is 17.1 Å². The average molecular weight is 669 g/mol. The second kappa shape index (κ2) is 11.2. The Labute approximate surface area is 297 Å². The van der Waals surface area contributed by atoms with Gasteiger partial charge in [-0.05, 0) is 107 Å². The van der Waals surface area contributed by atoms with Crippen LogP contribution in [0.1, 0.15) is 0 Å². The largest absolute Gasteiger partial charge is 0.456 e. The molecule has 0 saturated carbocycles. The lowest BCUT2D eigenvalue weighted by molar-refractivity contribution is 0.620. The summed E-state index contributed by atoms with van der Waals surface area (Å²) in [5, 5.41) is 6.44. The van der Waals surface area contributed by atoms with Gasteiger partial charge in [-0.2, -0.15) is 0 Å². The molecule has 0 aliphatic heterocycles. The minimum atomic E-state index is 0.567. The molecule has 0 aliphatic carbocycles. The third-order valence-corrected chi connectivity index (χ3v) is 10.1. The Bertz CT molecular complexity index is 3120. The predicted molar refractivity (Wildman–Crippen MR) is 212 cm³/mol. The van der Waals surface area contributed by atoms with Crippen molar-refractivity contribution in [2.24, 2.45) is 0 Å². The molecule has 0 bridgehead atoms. The van der Waals surface area contributed by atoms with Gasteiger partial charge in [0.2, 0.25) is 5.89 Å². The Morgan fingerprint density at radius 2 is 1.04 bits per heavy atom. The van der Waals surface area contributed by atoms with Crippen LogP contribution in [0, 0.1) is 0 Å². The molecule has 5 nitrogen and oxygen atoms in total. The number of benzene rings is 8. The van der Waals surface area contributed by atoms with Crippen LogP contribution >= 0.6 is 0 Å². The molecule has 8 aromatic carbocycles. The lowest BCUT2D eigenvalue weighted by Crippen LogP contribution is -2.09. The van der Waals surface area contributed by atoms with Crippen LogP contribution < -0.4 is 4.90 Å². The van der Waals surface area contributed by atoms with Crippen molar-refractivity contribution >= 4 is 82.8 Å². The van der Waals surface area contributed by atoms with Crippen LogP contribution in [0.2, 0.25) is 0 Å². The summed E-state index contributed by atoms with van der Waals surface area (Å²) in [4.78, 5) is 7.17. The molecule has 5 heteroatoms. The zero-order chi connectivity index (χ0) is 34.2. The Morgan fingerprint density at radius 1 is 0.385 bits per heavy atom. The number of furan rings is 2. The van der Waals surface area contributed by atoms with E-state index in [1.807, 2.05) is 48.5 Å². The van der Waals surface area contributed by atoms with E-state index in [1.165, 1.54) is 16.5 Å². The molecule has 0 atom stereocenters. The number of nitrogens with zero attached hydrogens (tertiary/aromatic N) is 2. The summed E-state index contributed by atoms with van der Waals surface area (Å²) in [7, 11) is 0. The molecule has 0 fully saturated rings. The first-order valence-corrected chi connectivity index (χ1v) is 17.4. The SMILES string of the molecule is c1ccc(-c2ccc3ccc(N(c4ccc5oc6ccccc6c5c4)c4ccc5oc6cccc(-c7nc8ccccc8o7)c6c5c4)cc3c2)cc1. The topological polar surface area (TPSA) is 55.6 Å². The number of anilines is 3. The molecule has 52 heavy (non-hydrogen) atoms. The molecule has 0 aliphatic rings. The normalized spacial score (nSPS) is 11.8. The van der Waals surface area contributed by atoms with Gasteiger partial charge in [-0.1, -0.05) is 84.9 Å². The van der Waals surface area contributed by atoms with Crippen LogP contribution in [0.3, 0.4) is 0 Å². The molecule has 0 amide bonds. The van der Waals surface area contributed by atoms with Crippen molar-refractivity contribution in [3.8, 4) is 22.6 Å². The maximum absolute atomic E-state index is 6.44. The summed E-state index contributed by atoms with van der Waals surface area (Å²) in [6.45, 7) is 0. The first-order valence-electron chi connectivity index (χ1n) is 17.4. The highest BCUT2D eigenvalue weighted by Gasteiger charge is 2.21. The van der Waals surface area contributed by atoms with E-state index in [4.69, 9.17) is 18.2 Å². The lowest BCUT2D eigenvalue weighted by atomic mass is 10.0. The zero-order valence-electron chi connectivity index (χ0n) is 27.8. The second-order valence-corrected chi connectivity index (χ2v) is 13.2. The van der Waals surface area contributed by atoms with Gasteiger partial charge in [-0.15, -0.1) is 0 Å². The van der Waals surface area contributed by atoms with E-state index in [0.717, 1.165) is 83.0 Å². The molecular weight excluding hydrogens is 641 g/mol. The van der Waals surface area contributed by atoms with Gasteiger partial charge in [0.05, 0.1) is 0 Å². The Balaban J connectivity index is 1.14. The summed E-state index contributed by atoms with van der Waals surface area (Å²) in [5.41, 5.74) is 11.2. The van der Waals surface area contributed by atoms with Crippen LogP contribution in [0.15, 0.2) is 183 Å². The minimum absolute atomic E-state index is 0.567. The fraction of sp³-hybridized carbons (Fsp3) is 0. The molecule has 0 unspecified atom stereocenters. The highest BCUT2D eigenvalue weighted by molar-refractivity contribution is 6.13. The Hall–Kier alpha value is -7.11. The van der Waals surface area contributed by atoms with E-state index < -0.39 is 0 Å². The minimum Gasteiger partial charge on any atom is -0.456 e. The first kappa shape index (κ1) is 28.7. The van der Waals surface area contributed by atoms with Gasteiger partial charge in [0.1, 0.15) is 27.8 Å². The number of hydrogen-bond donors (Lipinski definition) is 0. The molecule has 11 aromatic rings. The van der Waals surface area contributed by atoms with E-state index in [-0.39, 0.29) is 0 Å². The predicted octanol–water partition coefficient (Wildman–Crippen LogP) is 13.6. The molecular formula is C47H28N2O3. The van der Waals surface area contributed by atoms with Gasteiger partial charge in [-0.25, -0.2) is 4.98 Å². The maximum Gasteiger partial charge on any atom is 0.228 e. The van der Waals surface area contributed by atoms with Gasteiger partial charge in [0.25, 0.3) is 0 Å². The summed E-state index contributed by atoms with van der Waals surface area (Å²) < 4.78 is 19.0. The molecule has 3 aromatic heterocycles. The second-order valence-electron chi connectivity index (χ2n) is 13.2. The molecule has 11 rings (SSSR count). The monoisotopic (exact) mass is 668 g/mol. The molecule has 0 radical (unpaired) electrons.